The number of nitrogens with zero attached hydrogens (tertiary/aromatic N) is 1. The minimum absolute atomic E-state index is 0.172. The monoisotopic (exact) mass is 363 g/mol. The lowest BCUT2D eigenvalue weighted by atomic mass is 10.2. The lowest BCUT2D eigenvalue weighted by Gasteiger charge is -2.03. The van der Waals surface area contributed by atoms with Crippen LogP contribution in [0.5, 0.6) is 5.75 Å². The minimum atomic E-state index is -0.172. The van der Waals surface area contributed by atoms with Crippen LogP contribution in [0.15, 0.2) is 60.7 Å². The Labute approximate surface area is 154 Å². The molecule has 0 aliphatic heterocycles. The number of carbonyl (C=O) groups excluding carboxylic acids is 1. The molecule has 6 heteroatoms. The van der Waals surface area contributed by atoms with E-state index in [4.69, 9.17) is 4.74 Å². The standard InChI is InChI=1S/C20H17N3O2S/c1-25-16-11-17(13-7-3-2-4-8-13)26-19(16)20(24)21-12-18-22-14-9-5-6-10-15(14)23-18/h2-11H,12H2,1H3,(H,21,24)(H,22,23). The second-order valence-corrected chi connectivity index (χ2v) is 6.81. The van der Waals surface area contributed by atoms with Gasteiger partial charge < -0.3 is 15.0 Å². The predicted molar refractivity (Wildman–Crippen MR) is 104 cm³/mol. The molecule has 1 amide bonds. The zero-order valence-corrected chi connectivity index (χ0v) is 15.0. The average Bonchev–Trinajstić information content (AvgIpc) is 3.30. The van der Waals surface area contributed by atoms with Gasteiger partial charge in [-0.05, 0) is 23.8 Å². The fraction of sp³-hybridized carbons (Fsp3) is 0.100. The van der Waals surface area contributed by atoms with Crippen molar-refractivity contribution < 1.29 is 9.53 Å². The smallest absolute Gasteiger partial charge is 0.265 e. The molecule has 0 bridgehead atoms. The summed E-state index contributed by atoms with van der Waals surface area (Å²) in [6.45, 7) is 0.329. The van der Waals surface area contributed by atoms with Crippen LogP contribution in [-0.4, -0.2) is 23.0 Å². The van der Waals surface area contributed by atoms with Gasteiger partial charge in [0.05, 0.1) is 24.7 Å². The first kappa shape index (κ1) is 16.4. The maximum Gasteiger partial charge on any atom is 0.265 e. The molecule has 26 heavy (non-hydrogen) atoms. The summed E-state index contributed by atoms with van der Waals surface area (Å²) in [5, 5.41) is 2.91. The summed E-state index contributed by atoms with van der Waals surface area (Å²) in [6.07, 6.45) is 0. The Bertz CT molecular complexity index is 1020. The van der Waals surface area contributed by atoms with E-state index in [0.29, 0.717) is 17.2 Å². The number of thiophene rings is 1. The van der Waals surface area contributed by atoms with E-state index in [0.717, 1.165) is 27.3 Å². The van der Waals surface area contributed by atoms with Gasteiger partial charge in [-0.3, -0.25) is 4.79 Å². The van der Waals surface area contributed by atoms with Crippen molar-refractivity contribution in [2.24, 2.45) is 0 Å². The Morgan fingerprint density at radius 2 is 1.92 bits per heavy atom. The number of carbonyl (C=O) groups is 1. The maximum atomic E-state index is 12.6. The molecule has 2 aromatic carbocycles. The van der Waals surface area contributed by atoms with Crippen LogP contribution in [0.1, 0.15) is 15.5 Å². The van der Waals surface area contributed by atoms with Gasteiger partial charge in [-0.1, -0.05) is 42.5 Å². The largest absolute Gasteiger partial charge is 0.495 e. The number of hydrogen-bond donors (Lipinski definition) is 2. The molecule has 0 atom stereocenters. The topological polar surface area (TPSA) is 67.0 Å². The van der Waals surface area contributed by atoms with Crippen LogP contribution < -0.4 is 10.1 Å². The molecule has 2 N–H and O–H groups in total. The Kier molecular flexibility index (Phi) is 4.41. The molecule has 4 rings (SSSR count). The Morgan fingerprint density at radius 1 is 1.15 bits per heavy atom. The number of nitrogens with one attached hydrogen (secondary N) is 2. The van der Waals surface area contributed by atoms with Crippen LogP contribution in [0.25, 0.3) is 21.5 Å². The van der Waals surface area contributed by atoms with Gasteiger partial charge in [0.25, 0.3) is 5.91 Å². The van der Waals surface area contributed by atoms with Gasteiger partial charge in [0.15, 0.2) is 0 Å². The average molecular weight is 363 g/mol. The van der Waals surface area contributed by atoms with Gasteiger partial charge in [-0.25, -0.2) is 4.98 Å². The summed E-state index contributed by atoms with van der Waals surface area (Å²) in [4.78, 5) is 21.9. The number of methoxy groups -OCH3 is 1. The summed E-state index contributed by atoms with van der Waals surface area (Å²) < 4.78 is 5.39. The molecule has 4 aromatic rings. The first-order chi connectivity index (χ1) is 12.7. The SMILES string of the molecule is COc1cc(-c2ccccc2)sc1C(=O)NCc1nc2ccccc2[nH]1. The molecule has 0 aliphatic carbocycles. The van der Waals surface area contributed by atoms with Crippen molar-refractivity contribution in [3.05, 3.63) is 71.4 Å². The lowest BCUT2D eigenvalue weighted by molar-refractivity contribution is 0.0951. The van der Waals surface area contributed by atoms with Gasteiger partial charge in [0.2, 0.25) is 0 Å². The maximum absolute atomic E-state index is 12.6. The zero-order chi connectivity index (χ0) is 17.9. The van der Waals surface area contributed by atoms with E-state index < -0.39 is 0 Å². The third kappa shape index (κ3) is 3.19. The minimum Gasteiger partial charge on any atom is -0.495 e. The summed E-state index contributed by atoms with van der Waals surface area (Å²) >= 11 is 1.42. The molecule has 0 saturated heterocycles. The molecule has 2 heterocycles. The molecule has 0 radical (unpaired) electrons. The quantitative estimate of drug-likeness (QED) is 0.558. The highest BCUT2D eigenvalue weighted by molar-refractivity contribution is 7.17. The number of H-pyrrole nitrogens is 1. The molecule has 130 valence electrons. The highest BCUT2D eigenvalue weighted by atomic mass is 32.1. The number of amides is 1. The lowest BCUT2D eigenvalue weighted by Crippen LogP contribution is -2.22. The fourth-order valence-electron chi connectivity index (χ4n) is 2.76. The number of rotatable bonds is 5. The van der Waals surface area contributed by atoms with Crippen molar-refractivity contribution in [3.8, 4) is 16.2 Å². The van der Waals surface area contributed by atoms with Gasteiger partial charge in [-0.15, -0.1) is 11.3 Å². The molecule has 0 saturated carbocycles. The van der Waals surface area contributed by atoms with Crippen molar-refractivity contribution in [1.29, 1.82) is 0 Å². The molecule has 0 fully saturated rings. The number of aromatic nitrogens is 2. The number of benzene rings is 2. The van der Waals surface area contributed by atoms with Crippen molar-refractivity contribution in [3.63, 3.8) is 0 Å². The van der Waals surface area contributed by atoms with E-state index in [-0.39, 0.29) is 5.91 Å². The Morgan fingerprint density at radius 3 is 2.69 bits per heavy atom. The second-order valence-electron chi connectivity index (χ2n) is 5.76. The van der Waals surface area contributed by atoms with Gasteiger partial charge >= 0.3 is 0 Å². The normalized spacial score (nSPS) is 10.8. The molecule has 2 aromatic heterocycles. The van der Waals surface area contributed by atoms with Crippen LogP contribution in [0.3, 0.4) is 0 Å². The van der Waals surface area contributed by atoms with Gasteiger partial charge in [0.1, 0.15) is 16.5 Å². The van der Waals surface area contributed by atoms with E-state index in [1.54, 1.807) is 7.11 Å². The molecule has 0 unspecified atom stereocenters. The van der Waals surface area contributed by atoms with Crippen molar-refractivity contribution in [2.75, 3.05) is 7.11 Å². The van der Waals surface area contributed by atoms with Crippen molar-refractivity contribution >= 4 is 28.3 Å². The van der Waals surface area contributed by atoms with Crippen LogP contribution in [0.4, 0.5) is 0 Å². The number of fused-ring (bicyclic) bond motifs is 1. The summed E-state index contributed by atoms with van der Waals surface area (Å²) in [7, 11) is 1.58. The molecule has 0 aliphatic rings. The number of imidazole rings is 1. The van der Waals surface area contributed by atoms with E-state index in [2.05, 4.69) is 15.3 Å². The molecular formula is C20H17N3O2S. The third-order valence-electron chi connectivity index (χ3n) is 4.04. The number of para-hydroxylation sites is 2. The van der Waals surface area contributed by atoms with Crippen molar-refractivity contribution in [2.45, 2.75) is 6.54 Å². The van der Waals surface area contributed by atoms with Crippen LogP contribution in [0, 0.1) is 0 Å². The third-order valence-corrected chi connectivity index (χ3v) is 5.20. The molecule has 0 spiro atoms. The zero-order valence-electron chi connectivity index (χ0n) is 14.2. The van der Waals surface area contributed by atoms with Crippen LogP contribution in [-0.2, 0) is 6.54 Å². The Balaban J connectivity index is 1.53. The number of ether oxygens (including phenoxy) is 1. The van der Waals surface area contributed by atoms with Crippen LogP contribution >= 0.6 is 11.3 Å². The Hall–Kier alpha value is -3.12. The second kappa shape index (κ2) is 7.01. The summed E-state index contributed by atoms with van der Waals surface area (Å²) in [5.41, 5.74) is 2.90. The first-order valence-electron chi connectivity index (χ1n) is 8.19. The highest BCUT2D eigenvalue weighted by Crippen LogP contribution is 2.36. The fourth-order valence-corrected chi connectivity index (χ4v) is 3.81. The highest BCUT2D eigenvalue weighted by Gasteiger charge is 2.18. The van der Waals surface area contributed by atoms with Gasteiger partial charge in [-0.2, -0.15) is 0 Å². The van der Waals surface area contributed by atoms with Gasteiger partial charge in [0, 0.05) is 4.88 Å². The van der Waals surface area contributed by atoms with E-state index >= 15 is 0 Å². The number of hydrogen-bond acceptors (Lipinski definition) is 4. The first-order valence-corrected chi connectivity index (χ1v) is 9.01. The van der Waals surface area contributed by atoms with Crippen molar-refractivity contribution in [1.82, 2.24) is 15.3 Å². The van der Waals surface area contributed by atoms with E-state index in [9.17, 15) is 4.79 Å². The number of aromatic amines is 1. The molecular weight excluding hydrogens is 346 g/mol. The predicted octanol–water partition coefficient (Wildman–Crippen LogP) is 4.23. The molecule has 5 nitrogen and oxygen atoms in total. The summed E-state index contributed by atoms with van der Waals surface area (Å²) in [5.74, 6) is 1.13. The summed E-state index contributed by atoms with van der Waals surface area (Å²) in [6, 6.07) is 19.6. The van der Waals surface area contributed by atoms with E-state index in [1.807, 2.05) is 60.7 Å². The van der Waals surface area contributed by atoms with E-state index in [1.165, 1.54) is 11.3 Å². The van der Waals surface area contributed by atoms with Crippen LogP contribution in [0.2, 0.25) is 0 Å².